The van der Waals surface area contributed by atoms with Crippen molar-refractivity contribution in [3.63, 3.8) is 0 Å². The van der Waals surface area contributed by atoms with Crippen molar-refractivity contribution >= 4 is 23.2 Å². The zero-order chi connectivity index (χ0) is 20.6. The van der Waals surface area contributed by atoms with Gasteiger partial charge in [-0.15, -0.1) is 0 Å². The molecule has 0 saturated heterocycles. The molecule has 28 heavy (non-hydrogen) atoms. The van der Waals surface area contributed by atoms with Crippen LogP contribution in [0.5, 0.6) is 0 Å². The highest BCUT2D eigenvalue weighted by molar-refractivity contribution is 6.09. The number of rotatable bonds is 9. The van der Waals surface area contributed by atoms with Crippen LogP contribution in [-0.4, -0.2) is 31.4 Å². The van der Waals surface area contributed by atoms with Crippen LogP contribution in [0.1, 0.15) is 59.8 Å². The second-order valence-corrected chi connectivity index (χ2v) is 7.91. The van der Waals surface area contributed by atoms with Crippen LogP contribution in [-0.2, 0) is 9.59 Å². The number of benzene rings is 1. The fraction of sp³-hybridized carbons (Fsp3) is 0.565. The summed E-state index contributed by atoms with van der Waals surface area (Å²) < 4.78 is 0. The van der Waals surface area contributed by atoms with Crippen molar-refractivity contribution in [3.05, 3.63) is 35.9 Å². The topological polar surface area (TPSA) is 61.4 Å². The van der Waals surface area contributed by atoms with Gasteiger partial charge in [0.1, 0.15) is 5.41 Å². The van der Waals surface area contributed by atoms with Crippen LogP contribution in [0.3, 0.4) is 0 Å². The molecule has 0 bridgehead atoms. The average Bonchev–Trinajstić information content (AvgIpc) is 2.70. The first-order chi connectivity index (χ1) is 13.4. The van der Waals surface area contributed by atoms with Crippen LogP contribution >= 0.6 is 0 Å². The third-order valence-electron chi connectivity index (χ3n) is 5.51. The van der Waals surface area contributed by atoms with Crippen molar-refractivity contribution in [2.45, 2.75) is 59.8 Å². The van der Waals surface area contributed by atoms with Crippen molar-refractivity contribution in [3.8, 4) is 0 Å². The maximum atomic E-state index is 12.7. The molecule has 0 fully saturated rings. The smallest absolute Gasteiger partial charge is 0.239 e. The number of allylic oxidation sites excluding steroid dienone is 1. The van der Waals surface area contributed by atoms with Crippen LogP contribution in [0.25, 0.3) is 0 Å². The van der Waals surface area contributed by atoms with E-state index in [4.69, 9.17) is 0 Å². The molecular formula is C23H35N3O2. The summed E-state index contributed by atoms with van der Waals surface area (Å²) in [4.78, 5) is 27.5. The summed E-state index contributed by atoms with van der Waals surface area (Å²) in [6.07, 6.45) is 7.93. The second kappa shape index (κ2) is 10.3. The molecule has 2 amide bonds. The molecule has 0 heterocycles. The average molecular weight is 386 g/mol. The summed E-state index contributed by atoms with van der Waals surface area (Å²) in [5.74, 6) is -0.529. The van der Waals surface area contributed by atoms with Crippen molar-refractivity contribution in [2.75, 3.05) is 29.9 Å². The maximum absolute atomic E-state index is 12.7. The molecule has 1 aromatic rings. The highest BCUT2D eigenvalue weighted by Crippen LogP contribution is 2.23. The van der Waals surface area contributed by atoms with Gasteiger partial charge in [0.2, 0.25) is 11.8 Å². The van der Waals surface area contributed by atoms with Gasteiger partial charge in [-0.1, -0.05) is 11.6 Å². The number of nitrogens with zero attached hydrogens (tertiary/aromatic N) is 1. The fourth-order valence-corrected chi connectivity index (χ4v) is 3.42. The number of carbonyl (C=O) groups excluding carboxylic acids is 2. The molecule has 0 radical (unpaired) electrons. The molecule has 0 atom stereocenters. The van der Waals surface area contributed by atoms with Gasteiger partial charge in [-0.2, -0.15) is 0 Å². The van der Waals surface area contributed by atoms with Crippen LogP contribution in [0.2, 0.25) is 0 Å². The fourth-order valence-electron chi connectivity index (χ4n) is 3.42. The van der Waals surface area contributed by atoms with Gasteiger partial charge in [-0.3, -0.25) is 9.59 Å². The minimum absolute atomic E-state index is 0.235. The van der Waals surface area contributed by atoms with Gasteiger partial charge in [0.15, 0.2) is 0 Å². The van der Waals surface area contributed by atoms with Gasteiger partial charge < -0.3 is 15.5 Å². The molecule has 5 heteroatoms. The van der Waals surface area contributed by atoms with Gasteiger partial charge in [-0.25, -0.2) is 0 Å². The molecule has 0 saturated carbocycles. The molecule has 1 aliphatic carbocycles. The highest BCUT2D eigenvalue weighted by atomic mass is 16.2. The molecule has 154 valence electrons. The van der Waals surface area contributed by atoms with E-state index in [1.165, 1.54) is 18.4 Å². The Labute approximate surface area is 169 Å². The molecule has 2 N–H and O–H groups in total. The van der Waals surface area contributed by atoms with Crippen molar-refractivity contribution in [1.82, 2.24) is 5.32 Å². The highest BCUT2D eigenvalue weighted by Gasteiger charge is 2.35. The van der Waals surface area contributed by atoms with E-state index >= 15 is 0 Å². The summed E-state index contributed by atoms with van der Waals surface area (Å²) in [7, 11) is 0. The first kappa shape index (κ1) is 22.0. The molecule has 1 aromatic carbocycles. The van der Waals surface area contributed by atoms with Gasteiger partial charge in [0, 0.05) is 31.0 Å². The Bertz CT molecular complexity index is 688. The summed E-state index contributed by atoms with van der Waals surface area (Å²) in [6.45, 7) is 10.0. The van der Waals surface area contributed by atoms with E-state index in [-0.39, 0.29) is 11.8 Å². The maximum Gasteiger partial charge on any atom is 0.239 e. The molecule has 0 unspecified atom stereocenters. The van der Waals surface area contributed by atoms with Gasteiger partial charge in [0.05, 0.1) is 0 Å². The molecule has 0 aliphatic heterocycles. The number of amides is 2. The largest absolute Gasteiger partial charge is 0.372 e. The molecule has 0 aromatic heterocycles. The normalized spacial score (nSPS) is 14.2. The SMILES string of the molecule is CCN(CC)c1ccc(NC(=O)C(C)(C)C(=O)NCCC2=CCCCC2)cc1. The molecular weight excluding hydrogens is 350 g/mol. The van der Waals surface area contributed by atoms with E-state index < -0.39 is 5.41 Å². The van der Waals surface area contributed by atoms with Crippen molar-refractivity contribution < 1.29 is 9.59 Å². The Hall–Kier alpha value is -2.30. The van der Waals surface area contributed by atoms with Crippen LogP contribution in [0.15, 0.2) is 35.9 Å². The van der Waals surface area contributed by atoms with E-state index in [0.717, 1.165) is 38.0 Å². The first-order valence-corrected chi connectivity index (χ1v) is 10.5. The Balaban J connectivity index is 1.88. The predicted molar refractivity (Wildman–Crippen MR) is 117 cm³/mol. The Kier molecular flexibility index (Phi) is 8.09. The monoisotopic (exact) mass is 385 g/mol. The standard InChI is InChI=1S/C23H35N3O2/c1-5-26(6-2)20-14-12-19(13-15-20)25-22(28)23(3,4)21(27)24-17-16-18-10-8-7-9-11-18/h10,12-15H,5-9,11,16-17H2,1-4H3,(H,24,27)(H,25,28). The van der Waals surface area contributed by atoms with Crippen LogP contribution in [0.4, 0.5) is 11.4 Å². The first-order valence-electron chi connectivity index (χ1n) is 10.5. The van der Waals surface area contributed by atoms with Crippen molar-refractivity contribution in [2.24, 2.45) is 5.41 Å². The van der Waals surface area contributed by atoms with E-state index in [1.807, 2.05) is 24.3 Å². The third kappa shape index (κ3) is 5.85. The second-order valence-electron chi connectivity index (χ2n) is 7.91. The van der Waals surface area contributed by atoms with E-state index in [0.29, 0.717) is 12.2 Å². The van der Waals surface area contributed by atoms with Gasteiger partial charge >= 0.3 is 0 Å². The van der Waals surface area contributed by atoms with Crippen LogP contribution in [0, 0.1) is 5.41 Å². The lowest BCUT2D eigenvalue weighted by molar-refractivity contribution is -0.138. The lowest BCUT2D eigenvalue weighted by atomic mass is 9.90. The van der Waals surface area contributed by atoms with Crippen LogP contribution < -0.4 is 15.5 Å². The molecule has 0 spiro atoms. The summed E-state index contributed by atoms with van der Waals surface area (Å²) >= 11 is 0. The number of nitrogens with one attached hydrogen (secondary N) is 2. The molecule has 2 rings (SSSR count). The zero-order valence-electron chi connectivity index (χ0n) is 17.8. The van der Waals surface area contributed by atoms with E-state index in [9.17, 15) is 9.59 Å². The predicted octanol–water partition coefficient (Wildman–Crippen LogP) is 4.50. The Morgan fingerprint density at radius 1 is 1.04 bits per heavy atom. The van der Waals surface area contributed by atoms with E-state index in [1.54, 1.807) is 13.8 Å². The van der Waals surface area contributed by atoms with E-state index in [2.05, 4.69) is 35.5 Å². The van der Waals surface area contributed by atoms with Gasteiger partial charge in [0.25, 0.3) is 0 Å². The quantitative estimate of drug-likeness (QED) is 0.486. The number of hydrogen-bond donors (Lipinski definition) is 2. The lowest BCUT2D eigenvalue weighted by Crippen LogP contribution is -2.45. The summed E-state index contributed by atoms with van der Waals surface area (Å²) in [5, 5.41) is 5.80. The number of anilines is 2. The van der Waals surface area contributed by atoms with Gasteiger partial charge in [-0.05, 0) is 84.1 Å². The zero-order valence-corrected chi connectivity index (χ0v) is 17.8. The minimum Gasteiger partial charge on any atom is -0.372 e. The molecule has 5 nitrogen and oxygen atoms in total. The Morgan fingerprint density at radius 3 is 2.29 bits per heavy atom. The number of carbonyl (C=O) groups is 2. The Morgan fingerprint density at radius 2 is 1.71 bits per heavy atom. The molecule has 1 aliphatic rings. The third-order valence-corrected chi connectivity index (χ3v) is 5.51. The summed E-state index contributed by atoms with van der Waals surface area (Å²) in [5.41, 5.74) is 2.12. The summed E-state index contributed by atoms with van der Waals surface area (Å²) in [6, 6.07) is 7.76. The minimum atomic E-state index is -1.13. The van der Waals surface area contributed by atoms with Crippen molar-refractivity contribution in [1.29, 1.82) is 0 Å². The number of hydrogen-bond acceptors (Lipinski definition) is 3. The lowest BCUT2D eigenvalue weighted by Gasteiger charge is -2.24.